The molecule has 3 rings (SSSR count). The summed E-state index contributed by atoms with van der Waals surface area (Å²) in [6, 6.07) is 2.59. The molecule has 2 fully saturated rings. The highest BCUT2D eigenvalue weighted by molar-refractivity contribution is 5.41. The highest BCUT2D eigenvalue weighted by atomic mass is 16.5. The summed E-state index contributed by atoms with van der Waals surface area (Å²) in [6.07, 6.45) is 7.90. The molecule has 116 valence electrons. The van der Waals surface area contributed by atoms with Crippen LogP contribution in [0.2, 0.25) is 0 Å². The minimum Gasteiger partial charge on any atom is -0.478 e. The molecule has 1 unspecified atom stereocenters. The van der Waals surface area contributed by atoms with Gasteiger partial charge in [0, 0.05) is 25.2 Å². The minimum atomic E-state index is 0.596. The van der Waals surface area contributed by atoms with Crippen LogP contribution in [0, 0.1) is 5.92 Å². The van der Waals surface area contributed by atoms with Crippen molar-refractivity contribution in [1.82, 2.24) is 15.3 Å². The Balaban J connectivity index is 1.67. The number of ether oxygens (including phenoxy) is 1. The molecule has 0 bridgehead atoms. The molecule has 1 aromatic rings. The Kier molecular flexibility index (Phi) is 4.91. The van der Waals surface area contributed by atoms with Crippen molar-refractivity contribution in [3.63, 3.8) is 0 Å². The van der Waals surface area contributed by atoms with E-state index in [-0.39, 0.29) is 0 Å². The van der Waals surface area contributed by atoms with Gasteiger partial charge in [-0.3, -0.25) is 0 Å². The fourth-order valence-electron chi connectivity index (χ4n) is 2.84. The normalized spacial score (nSPS) is 21.5. The molecule has 5 nitrogen and oxygen atoms in total. The number of rotatable bonds is 8. The summed E-state index contributed by atoms with van der Waals surface area (Å²) in [5.41, 5.74) is 0. The van der Waals surface area contributed by atoms with Crippen LogP contribution in [0.3, 0.4) is 0 Å². The van der Waals surface area contributed by atoms with Gasteiger partial charge >= 0.3 is 0 Å². The maximum absolute atomic E-state index is 5.64. The van der Waals surface area contributed by atoms with Crippen molar-refractivity contribution >= 4 is 5.82 Å². The van der Waals surface area contributed by atoms with Gasteiger partial charge < -0.3 is 15.0 Å². The Morgan fingerprint density at radius 1 is 1.29 bits per heavy atom. The monoisotopic (exact) mass is 290 g/mol. The molecule has 5 heteroatoms. The van der Waals surface area contributed by atoms with Crippen molar-refractivity contribution in [2.24, 2.45) is 5.92 Å². The smallest absolute Gasteiger partial charge is 0.218 e. The van der Waals surface area contributed by atoms with Crippen LogP contribution in [-0.2, 0) is 0 Å². The first kappa shape index (κ1) is 14.6. The molecule has 1 N–H and O–H groups in total. The van der Waals surface area contributed by atoms with E-state index < -0.39 is 0 Å². The molecule has 1 saturated heterocycles. The van der Waals surface area contributed by atoms with Gasteiger partial charge in [0.2, 0.25) is 5.88 Å². The van der Waals surface area contributed by atoms with Crippen molar-refractivity contribution in [2.45, 2.75) is 45.1 Å². The Morgan fingerprint density at radius 2 is 2.19 bits per heavy atom. The van der Waals surface area contributed by atoms with E-state index in [1.54, 1.807) is 6.33 Å². The molecule has 2 heterocycles. The summed E-state index contributed by atoms with van der Waals surface area (Å²) in [7, 11) is 0. The fourth-order valence-corrected chi connectivity index (χ4v) is 2.84. The number of anilines is 1. The zero-order valence-corrected chi connectivity index (χ0v) is 12.9. The molecule has 0 aromatic carbocycles. The topological polar surface area (TPSA) is 50.3 Å². The van der Waals surface area contributed by atoms with Crippen LogP contribution in [0.15, 0.2) is 12.4 Å². The van der Waals surface area contributed by atoms with E-state index in [4.69, 9.17) is 4.74 Å². The Morgan fingerprint density at radius 3 is 2.90 bits per heavy atom. The lowest BCUT2D eigenvalue weighted by atomic mass is 10.2. The van der Waals surface area contributed by atoms with Crippen LogP contribution in [-0.4, -0.2) is 42.3 Å². The molecular formula is C16H26N4O. The predicted molar refractivity (Wildman–Crippen MR) is 83.8 cm³/mol. The molecule has 2 aliphatic rings. The van der Waals surface area contributed by atoms with Crippen LogP contribution in [0.4, 0.5) is 5.82 Å². The first-order chi connectivity index (χ1) is 10.3. The Hall–Kier alpha value is -1.36. The minimum absolute atomic E-state index is 0.596. The van der Waals surface area contributed by atoms with Gasteiger partial charge in [0.25, 0.3) is 0 Å². The second-order valence-electron chi connectivity index (χ2n) is 6.20. The first-order valence-corrected chi connectivity index (χ1v) is 8.28. The van der Waals surface area contributed by atoms with E-state index in [2.05, 4.69) is 27.1 Å². The number of aromatic nitrogens is 2. The summed E-state index contributed by atoms with van der Waals surface area (Å²) >= 11 is 0. The summed E-state index contributed by atoms with van der Waals surface area (Å²) in [6.45, 7) is 6.12. The molecule has 1 saturated carbocycles. The van der Waals surface area contributed by atoms with E-state index in [1.165, 1.54) is 25.7 Å². The van der Waals surface area contributed by atoms with Gasteiger partial charge in [-0.15, -0.1) is 0 Å². The van der Waals surface area contributed by atoms with Crippen molar-refractivity contribution in [3.05, 3.63) is 12.4 Å². The molecule has 1 atom stereocenters. The van der Waals surface area contributed by atoms with E-state index >= 15 is 0 Å². The molecule has 0 radical (unpaired) electrons. The molecule has 1 aliphatic heterocycles. The first-order valence-electron chi connectivity index (χ1n) is 8.28. The van der Waals surface area contributed by atoms with Gasteiger partial charge in [-0.05, 0) is 44.6 Å². The van der Waals surface area contributed by atoms with Gasteiger partial charge in [-0.1, -0.05) is 6.92 Å². The van der Waals surface area contributed by atoms with Crippen LogP contribution < -0.4 is 15.0 Å². The third-order valence-corrected chi connectivity index (χ3v) is 4.18. The molecule has 1 aliphatic carbocycles. The summed E-state index contributed by atoms with van der Waals surface area (Å²) in [5, 5.41) is 3.58. The zero-order valence-electron chi connectivity index (χ0n) is 12.9. The lowest BCUT2D eigenvalue weighted by Crippen LogP contribution is -2.39. The highest BCUT2D eigenvalue weighted by Crippen LogP contribution is 2.31. The predicted octanol–water partition coefficient (Wildman–Crippen LogP) is 2.23. The van der Waals surface area contributed by atoms with Gasteiger partial charge in [0.1, 0.15) is 12.1 Å². The van der Waals surface area contributed by atoms with Crippen LogP contribution in [0.1, 0.15) is 39.0 Å². The van der Waals surface area contributed by atoms with Gasteiger partial charge in [-0.2, -0.15) is 0 Å². The van der Waals surface area contributed by atoms with Crippen molar-refractivity contribution in [1.29, 1.82) is 0 Å². The van der Waals surface area contributed by atoms with Gasteiger partial charge in [-0.25, -0.2) is 9.97 Å². The quantitative estimate of drug-likeness (QED) is 0.795. The van der Waals surface area contributed by atoms with E-state index in [0.29, 0.717) is 18.5 Å². The third kappa shape index (κ3) is 4.30. The Labute approximate surface area is 127 Å². The largest absolute Gasteiger partial charge is 0.478 e. The molecular weight excluding hydrogens is 264 g/mol. The molecule has 0 amide bonds. The maximum Gasteiger partial charge on any atom is 0.218 e. The standard InChI is InChI=1S/C16H26N4O/c1-2-8-21-16-9-15(18-12-19-16)20(10-13-5-6-13)11-14-4-3-7-17-14/h9,12-14,17H,2-8,10-11H2,1H3. The number of hydrogen-bond acceptors (Lipinski definition) is 5. The number of nitrogens with zero attached hydrogens (tertiary/aromatic N) is 3. The van der Waals surface area contributed by atoms with Crippen molar-refractivity contribution in [2.75, 3.05) is 31.1 Å². The van der Waals surface area contributed by atoms with Gasteiger partial charge in [0.05, 0.1) is 6.61 Å². The lowest BCUT2D eigenvalue weighted by Gasteiger charge is -2.27. The maximum atomic E-state index is 5.64. The highest BCUT2D eigenvalue weighted by Gasteiger charge is 2.27. The fraction of sp³-hybridized carbons (Fsp3) is 0.750. The lowest BCUT2D eigenvalue weighted by molar-refractivity contribution is 0.304. The molecule has 21 heavy (non-hydrogen) atoms. The van der Waals surface area contributed by atoms with Crippen molar-refractivity contribution < 1.29 is 4.74 Å². The second-order valence-corrected chi connectivity index (χ2v) is 6.20. The van der Waals surface area contributed by atoms with Crippen LogP contribution in [0.25, 0.3) is 0 Å². The van der Waals surface area contributed by atoms with E-state index in [1.807, 2.05) is 6.07 Å². The van der Waals surface area contributed by atoms with Gasteiger partial charge in [0.15, 0.2) is 0 Å². The summed E-state index contributed by atoms with van der Waals surface area (Å²) < 4.78 is 5.64. The van der Waals surface area contributed by atoms with E-state index in [9.17, 15) is 0 Å². The summed E-state index contributed by atoms with van der Waals surface area (Å²) in [4.78, 5) is 11.1. The number of hydrogen-bond donors (Lipinski definition) is 1. The average Bonchev–Trinajstić information content (AvgIpc) is 3.18. The number of nitrogens with one attached hydrogen (secondary N) is 1. The van der Waals surface area contributed by atoms with E-state index in [0.717, 1.165) is 37.8 Å². The summed E-state index contributed by atoms with van der Waals surface area (Å²) in [5.74, 6) is 2.56. The zero-order chi connectivity index (χ0) is 14.5. The van der Waals surface area contributed by atoms with Crippen LogP contribution in [0.5, 0.6) is 5.88 Å². The SMILES string of the molecule is CCCOc1cc(N(CC2CC2)CC2CCCN2)ncn1. The van der Waals surface area contributed by atoms with Crippen molar-refractivity contribution in [3.8, 4) is 5.88 Å². The van der Waals surface area contributed by atoms with Crippen LogP contribution >= 0.6 is 0 Å². The molecule has 0 spiro atoms. The third-order valence-electron chi connectivity index (χ3n) is 4.18. The average molecular weight is 290 g/mol. The molecule has 1 aromatic heterocycles. The Bertz CT molecular complexity index is 444. The second kappa shape index (κ2) is 7.07.